The molecule has 2 amide bonds. The van der Waals surface area contributed by atoms with E-state index in [1.165, 1.54) is 24.3 Å². The van der Waals surface area contributed by atoms with Crippen LogP contribution in [0.4, 0.5) is 0 Å². The first-order chi connectivity index (χ1) is 8.06. The molecule has 6 heteroatoms. The molecule has 0 bridgehead atoms. The van der Waals surface area contributed by atoms with Crippen molar-refractivity contribution < 1.29 is 19.3 Å². The van der Waals surface area contributed by atoms with Crippen LogP contribution in [0.2, 0.25) is 0 Å². The summed E-state index contributed by atoms with van der Waals surface area (Å²) in [7, 11) is 2.84. The number of nitrogens with zero attached hydrogens (tertiary/aromatic N) is 2. The van der Waals surface area contributed by atoms with Crippen LogP contribution < -0.4 is 0 Å². The number of hydrogen-bond donors (Lipinski definition) is 0. The summed E-state index contributed by atoms with van der Waals surface area (Å²) < 4.78 is 0. The Morgan fingerprint density at radius 3 is 2.47 bits per heavy atom. The summed E-state index contributed by atoms with van der Waals surface area (Å²) in [5, 5.41) is 2.42. The number of carbonyl (C=O) groups is 2. The van der Waals surface area contributed by atoms with Gasteiger partial charge in [-0.05, 0) is 19.8 Å². The first-order valence-electron chi connectivity index (χ1n) is 5.82. The molecule has 1 saturated heterocycles. The zero-order valence-electron chi connectivity index (χ0n) is 10.4. The zero-order chi connectivity index (χ0) is 12.6. The molecule has 2 atom stereocenters. The van der Waals surface area contributed by atoms with Crippen LogP contribution in [0.3, 0.4) is 0 Å². The highest BCUT2D eigenvalue weighted by molar-refractivity contribution is 6.35. The summed E-state index contributed by atoms with van der Waals surface area (Å²) in [6, 6.07) is -0.133. The van der Waals surface area contributed by atoms with Gasteiger partial charge >= 0.3 is 11.8 Å². The molecule has 2 fully saturated rings. The Labute approximate surface area is 100 Å². The fraction of sp³-hybridized carbons (Fsp3) is 0.818. The summed E-state index contributed by atoms with van der Waals surface area (Å²) >= 11 is 0. The van der Waals surface area contributed by atoms with E-state index >= 15 is 0 Å². The van der Waals surface area contributed by atoms with Crippen molar-refractivity contribution in [2.45, 2.75) is 44.2 Å². The van der Waals surface area contributed by atoms with Crippen molar-refractivity contribution in [3.63, 3.8) is 0 Å². The first kappa shape index (κ1) is 12.3. The van der Waals surface area contributed by atoms with Crippen LogP contribution in [-0.4, -0.2) is 47.7 Å². The van der Waals surface area contributed by atoms with Crippen molar-refractivity contribution in [1.29, 1.82) is 0 Å². The lowest BCUT2D eigenvalue weighted by Crippen LogP contribution is -2.71. The number of piperazine rings is 1. The molecular weight excluding hydrogens is 224 g/mol. The third-order valence-electron chi connectivity index (χ3n) is 3.82. The lowest BCUT2D eigenvalue weighted by atomic mass is 9.76. The van der Waals surface area contributed by atoms with Crippen molar-refractivity contribution in [3.8, 4) is 0 Å². The Balaban J connectivity index is 2.40. The summed E-state index contributed by atoms with van der Waals surface area (Å²) in [5.74, 6) is -1.31. The Bertz CT molecular complexity index is 346. The molecule has 0 radical (unpaired) electrons. The standard InChI is InChI=1S/C11H18N2O4/c1-11-7-5-4-6-8(11)12(16-2)9(14)10(15)13(11)17-3/h8H,4-7H2,1-3H3/t8-,11+/m1/s1. The fourth-order valence-corrected chi connectivity index (χ4v) is 2.96. The van der Waals surface area contributed by atoms with Crippen LogP contribution in [0.15, 0.2) is 0 Å². The molecule has 17 heavy (non-hydrogen) atoms. The molecule has 0 spiro atoms. The molecule has 6 nitrogen and oxygen atoms in total. The van der Waals surface area contributed by atoms with E-state index in [1.807, 2.05) is 6.92 Å². The van der Waals surface area contributed by atoms with Crippen molar-refractivity contribution in [2.24, 2.45) is 0 Å². The highest BCUT2D eigenvalue weighted by Gasteiger charge is 2.55. The van der Waals surface area contributed by atoms with Crippen LogP contribution in [0.5, 0.6) is 0 Å². The van der Waals surface area contributed by atoms with Gasteiger partial charge in [-0.25, -0.2) is 10.1 Å². The van der Waals surface area contributed by atoms with Gasteiger partial charge in [-0.2, -0.15) is 0 Å². The molecule has 1 heterocycles. The van der Waals surface area contributed by atoms with E-state index in [9.17, 15) is 9.59 Å². The number of hydrogen-bond acceptors (Lipinski definition) is 4. The molecule has 0 aromatic heterocycles. The van der Waals surface area contributed by atoms with Crippen molar-refractivity contribution in [1.82, 2.24) is 10.1 Å². The molecule has 0 unspecified atom stereocenters. The van der Waals surface area contributed by atoms with Gasteiger partial charge in [-0.3, -0.25) is 19.3 Å². The number of carbonyl (C=O) groups excluding carboxylic acids is 2. The van der Waals surface area contributed by atoms with Gasteiger partial charge in [0.2, 0.25) is 0 Å². The summed E-state index contributed by atoms with van der Waals surface area (Å²) in [5.41, 5.74) is -0.492. The lowest BCUT2D eigenvalue weighted by Gasteiger charge is -2.53. The smallest absolute Gasteiger partial charge is 0.273 e. The monoisotopic (exact) mass is 242 g/mol. The number of amides is 2. The summed E-state index contributed by atoms with van der Waals surface area (Å²) in [6.07, 6.45) is 3.68. The maximum Gasteiger partial charge on any atom is 0.338 e. The Morgan fingerprint density at radius 2 is 1.88 bits per heavy atom. The normalized spacial score (nSPS) is 33.9. The number of fused-ring (bicyclic) bond motifs is 1. The third-order valence-corrected chi connectivity index (χ3v) is 3.82. The largest absolute Gasteiger partial charge is 0.338 e. The molecule has 2 aliphatic rings. The van der Waals surface area contributed by atoms with E-state index in [0.29, 0.717) is 0 Å². The maximum atomic E-state index is 11.9. The van der Waals surface area contributed by atoms with Gasteiger partial charge in [0.05, 0.1) is 25.8 Å². The molecule has 2 rings (SSSR count). The highest BCUT2D eigenvalue weighted by atomic mass is 16.7. The minimum atomic E-state index is -0.657. The Kier molecular flexibility index (Phi) is 3.09. The molecule has 96 valence electrons. The minimum absolute atomic E-state index is 0.133. The third kappa shape index (κ3) is 1.63. The van der Waals surface area contributed by atoms with Gasteiger partial charge in [0, 0.05) is 0 Å². The van der Waals surface area contributed by atoms with Gasteiger partial charge in [0.25, 0.3) is 0 Å². The van der Waals surface area contributed by atoms with Gasteiger partial charge in [-0.1, -0.05) is 12.8 Å². The van der Waals surface area contributed by atoms with Crippen molar-refractivity contribution >= 4 is 11.8 Å². The second kappa shape index (κ2) is 4.27. The van der Waals surface area contributed by atoms with Crippen LogP contribution >= 0.6 is 0 Å². The van der Waals surface area contributed by atoms with Gasteiger partial charge in [0.15, 0.2) is 0 Å². The molecule has 0 aromatic carbocycles. The summed E-state index contributed by atoms with van der Waals surface area (Å²) in [6.45, 7) is 1.94. The van der Waals surface area contributed by atoms with E-state index in [-0.39, 0.29) is 6.04 Å². The summed E-state index contributed by atoms with van der Waals surface area (Å²) in [4.78, 5) is 34.0. The van der Waals surface area contributed by atoms with Crippen molar-refractivity contribution in [2.75, 3.05) is 14.2 Å². The van der Waals surface area contributed by atoms with Crippen LogP contribution in [0.1, 0.15) is 32.6 Å². The molecular formula is C11H18N2O4. The molecule has 1 aliphatic carbocycles. The molecule has 0 N–H and O–H groups in total. The van der Waals surface area contributed by atoms with Crippen molar-refractivity contribution in [3.05, 3.63) is 0 Å². The van der Waals surface area contributed by atoms with E-state index in [1.54, 1.807) is 0 Å². The second-order valence-corrected chi connectivity index (χ2v) is 4.71. The van der Waals surface area contributed by atoms with Gasteiger partial charge in [-0.15, -0.1) is 0 Å². The first-order valence-corrected chi connectivity index (χ1v) is 5.82. The fourth-order valence-electron chi connectivity index (χ4n) is 2.96. The average molecular weight is 242 g/mol. The number of rotatable bonds is 2. The van der Waals surface area contributed by atoms with Crippen LogP contribution in [0, 0.1) is 0 Å². The van der Waals surface area contributed by atoms with E-state index < -0.39 is 17.4 Å². The van der Waals surface area contributed by atoms with Crippen LogP contribution in [-0.2, 0) is 19.3 Å². The van der Waals surface area contributed by atoms with E-state index in [2.05, 4.69) is 0 Å². The molecule has 1 aliphatic heterocycles. The predicted molar refractivity (Wildman–Crippen MR) is 58.4 cm³/mol. The Morgan fingerprint density at radius 1 is 1.18 bits per heavy atom. The topological polar surface area (TPSA) is 59.1 Å². The van der Waals surface area contributed by atoms with Crippen LogP contribution in [0.25, 0.3) is 0 Å². The maximum absolute atomic E-state index is 11.9. The molecule has 0 aromatic rings. The SMILES string of the molecule is CON1C(=O)C(=O)N(OC)[C@@]2(C)CCCC[C@@H]12. The Hall–Kier alpha value is -1.14. The van der Waals surface area contributed by atoms with E-state index in [0.717, 1.165) is 25.7 Å². The lowest BCUT2D eigenvalue weighted by molar-refractivity contribution is -0.274. The highest BCUT2D eigenvalue weighted by Crippen LogP contribution is 2.39. The predicted octanol–water partition coefficient (Wildman–Crippen LogP) is 0.481. The van der Waals surface area contributed by atoms with Gasteiger partial charge in [0.1, 0.15) is 0 Å². The minimum Gasteiger partial charge on any atom is -0.273 e. The zero-order valence-corrected chi connectivity index (χ0v) is 10.4. The van der Waals surface area contributed by atoms with E-state index in [4.69, 9.17) is 9.68 Å². The quantitative estimate of drug-likeness (QED) is 0.661. The number of hydroxylamine groups is 4. The average Bonchev–Trinajstić information content (AvgIpc) is 2.31. The molecule has 1 saturated carbocycles. The second-order valence-electron chi connectivity index (χ2n) is 4.71. The van der Waals surface area contributed by atoms with Gasteiger partial charge < -0.3 is 0 Å².